The van der Waals surface area contributed by atoms with E-state index in [4.69, 9.17) is 14.7 Å². The third-order valence-corrected chi connectivity index (χ3v) is 13.6. The molecule has 0 spiro atoms. The fourth-order valence-corrected chi connectivity index (χ4v) is 10.4. The van der Waals surface area contributed by atoms with Crippen molar-refractivity contribution in [1.82, 2.24) is 39.5 Å². The maximum absolute atomic E-state index is 16.1. The lowest BCUT2D eigenvalue weighted by atomic mass is 9.93. The van der Waals surface area contributed by atoms with Crippen molar-refractivity contribution in [3.05, 3.63) is 71.3 Å². The Hall–Kier alpha value is -5.97. The summed E-state index contributed by atoms with van der Waals surface area (Å²) in [5.74, 6) is -2.58. The molecule has 1 saturated carbocycles. The van der Waals surface area contributed by atoms with Gasteiger partial charge in [0.2, 0.25) is 23.6 Å². The van der Waals surface area contributed by atoms with Crippen molar-refractivity contribution in [3.8, 4) is 17.1 Å². The van der Waals surface area contributed by atoms with E-state index in [9.17, 15) is 14.4 Å². The van der Waals surface area contributed by atoms with Crippen LogP contribution in [0.3, 0.4) is 0 Å². The summed E-state index contributed by atoms with van der Waals surface area (Å²) in [5.41, 5.74) is 6.98. The van der Waals surface area contributed by atoms with Crippen LogP contribution in [0, 0.1) is 25.7 Å². The number of benzene rings is 1. The monoisotopic (exact) mass is 847 g/mol. The minimum Gasteiger partial charge on any atom is -0.477 e. The summed E-state index contributed by atoms with van der Waals surface area (Å²) in [6.45, 7) is 7.13. The first-order chi connectivity index (χ1) is 29.9. The molecule has 5 aromatic rings. The van der Waals surface area contributed by atoms with Crippen molar-refractivity contribution in [3.63, 3.8) is 0 Å². The number of piperazine rings is 1. The van der Waals surface area contributed by atoms with Crippen LogP contribution in [0.2, 0.25) is 0 Å². The van der Waals surface area contributed by atoms with Crippen LogP contribution in [0.5, 0.6) is 5.88 Å². The number of carbonyl (C=O) groups excluding carboxylic acids is 3. The molecule has 1 unspecified atom stereocenters. The van der Waals surface area contributed by atoms with Crippen molar-refractivity contribution in [2.75, 3.05) is 61.0 Å². The number of amides is 3. The fraction of sp³-hybridized carbons (Fsp3) is 0.489. The van der Waals surface area contributed by atoms with Crippen LogP contribution >= 0.6 is 0 Å². The maximum Gasteiger partial charge on any atom is 0.280 e. The number of aryl methyl sites for hydroxylation is 3. The van der Waals surface area contributed by atoms with Gasteiger partial charge in [0.25, 0.3) is 11.8 Å². The van der Waals surface area contributed by atoms with Crippen LogP contribution < -0.4 is 25.2 Å². The number of halogens is 2. The maximum atomic E-state index is 16.1. The van der Waals surface area contributed by atoms with Crippen molar-refractivity contribution < 1.29 is 27.9 Å². The predicted octanol–water partition coefficient (Wildman–Crippen LogP) is 5.46. The zero-order valence-corrected chi connectivity index (χ0v) is 35.2. The molecular formula is C45H51F2N11O4. The molecule has 10 rings (SSSR count). The molecule has 3 amide bonds. The molecule has 4 bridgehead atoms. The zero-order valence-electron chi connectivity index (χ0n) is 35.2. The van der Waals surface area contributed by atoms with Gasteiger partial charge in [-0.3, -0.25) is 39.9 Å². The number of pyridine rings is 2. The van der Waals surface area contributed by atoms with Crippen molar-refractivity contribution in [2.45, 2.75) is 76.8 Å². The first kappa shape index (κ1) is 40.1. The van der Waals surface area contributed by atoms with Crippen molar-refractivity contribution >= 4 is 46.1 Å². The number of carbonyl (C=O) groups is 3. The van der Waals surface area contributed by atoms with Gasteiger partial charge in [0.1, 0.15) is 0 Å². The van der Waals surface area contributed by atoms with E-state index in [-0.39, 0.29) is 24.1 Å². The summed E-state index contributed by atoms with van der Waals surface area (Å²) >= 11 is 0. The topological polar surface area (TPSA) is 156 Å². The second-order valence-corrected chi connectivity index (χ2v) is 17.8. The number of fused-ring (bicyclic) bond motifs is 9. The number of nitrogens with zero attached hydrogens (tertiary/aromatic N) is 9. The summed E-state index contributed by atoms with van der Waals surface area (Å²) in [5, 5.41) is 9.95. The Bertz CT molecular complexity index is 2580. The van der Waals surface area contributed by atoms with Gasteiger partial charge in [-0.25, -0.2) is 18.4 Å². The smallest absolute Gasteiger partial charge is 0.280 e. The van der Waals surface area contributed by atoms with Crippen LogP contribution in [0.4, 0.5) is 26.1 Å². The molecular weight excluding hydrogens is 797 g/mol. The van der Waals surface area contributed by atoms with Crippen LogP contribution in [-0.2, 0) is 23.2 Å². The van der Waals surface area contributed by atoms with Crippen LogP contribution in [0.1, 0.15) is 71.9 Å². The standard InChI is InChI=1S/C45H51F2N11O4/c1-26-18-30-20-36(49-26)33-22-48-54(3)43(33)62-24-29-5-4-28(19-29)23-58-38-21-31(6-8-35(38)51-44(58)53-41(30)60)55-14-16-56(17-15-55)39-12-13-57(25-45(39,46)47)37-10-9-34(50-27(37)2)32-7-11-40(59)52-42(32)61/h6,8-10,18,20-22,28-29,32,39H,4-5,7,11-17,19,23-25H2,1-3H3,(H,51,53,60)(H,52,59,61)/t28-,29+,32?,39+/m1/s1. The van der Waals surface area contributed by atoms with Crippen LogP contribution in [-0.4, -0.2) is 110 Å². The van der Waals surface area contributed by atoms with E-state index in [0.717, 1.165) is 41.5 Å². The van der Waals surface area contributed by atoms with Gasteiger partial charge in [-0.2, -0.15) is 5.10 Å². The van der Waals surface area contributed by atoms with Crippen LogP contribution in [0.15, 0.2) is 48.7 Å². The Balaban J connectivity index is 0.843. The highest BCUT2D eigenvalue weighted by Crippen LogP contribution is 2.39. The summed E-state index contributed by atoms with van der Waals surface area (Å²) in [4.78, 5) is 58.2. The highest BCUT2D eigenvalue weighted by atomic mass is 19.3. The van der Waals surface area contributed by atoms with E-state index < -0.39 is 24.4 Å². The van der Waals surface area contributed by atoms with E-state index in [0.29, 0.717) is 116 Å². The Morgan fingerprint density at radius 3 is 2.47 bits per heavy atom. The number of nitrogens with one attached hydrogen (secondary N) is 2. The number of hydrogen-bond donors (Lipinski definition) is 2. The summed E-state index contributed by atoms with van der Waals surface area (Å²) < 4.78 is 42.5. The zero-order chi connectivity index (χ0) is 42.9. The molecule has 15 nitrogen and oxygen atoms in total. The van der Waals surface area contributed by atoms with Gasteiger partial charge in [0, 0.05) is 69.7 Å². The number of ether oxygens (including phenoxy) is 1. The molecule has 0 radical (unpaired) electrons. The van der Waals surface area contributed by atoms with E-state index >= 15 is 8.78 Å². The summed E-state index contributed by atoms with van der Waals surface area (Å²) in [6, 6.07) is 12.3. The number of imide groups is 1. The molecule has 17 heteroatoms. The fourth-order valence-electron chi connectivity index (χ4n) is 10.4. The summed E-state index contributed by atoms with van der Waals surface area (Å²) in [6.07, 6.45) is 5.70. The predicted molar refractivity (Wildman–Crippen MR) is 229 cm³/mol. The average molecular weight is 848 g/mol. The van der Waals surface area contributed by atoms with E-state index in [1.54, 1.807) is 47.0 Å². The molecule has 4 aromatic heterocycles. The lowest BCUT2D eigenvalue weighted by molar-refractivity contribution is -0.134. The molecule has 3 saturated heterocycles. The molecule has 5 aliphatic rings. The second kappa shape index (κ2) is 15.7. The Labute approximate surface area is 357 Å². The Morgan fingerprint density at radius 2 is 1.68 bits per heavy atom. The second-order valence-electron chi connectivity index (χ2n) is 17.8. The number of anilines is 3. The summed E-state index contributed by atoms with van der Waals surface area (Å²) in [7, 11) is 1.85. The largest absolute Gasteiger partial charge is 0.477 e. The van der Waals surface area contributed by atoms with Gasteiger partial charge in [-0.15, -0.1) is 0 Å². The van der Waals surface area contributed by atoms with E-state index in [1.165, 1.54) is 0 Å². The first-order valence-corrected chi connectivity index (χ1v) is 21.8. The van der Waals surface area contributed by atoms with Gasteiger partial charge in [-0.1, -0.05) is 0 Å². The number of hydrogen-bond acceptors (Lipinski definition) is 11. The molecule has 2 N–H and O–H groups in total. The Morgan fingerprint density at radius 1 is 0.855 bits per heavy atom. The third kappa shape index (κ3) is 7.53. The number of piperidine rings is 2. The molecule has 1 aliphatic carbocycles. The minimum atomic E-state index is -2.96. The molecule has 4 atom stereocenters. The highest BCUT2D eigenvalue weighted by molar-refractivity contribution is 6.05. The molecule has 4 aliphatic heterocycles. The number of imidazole rings is 1. The van der Waals surface area contributed by atoms with Gasteiger partial charge < -0.3 is 19.1 Å². The lowest BCUT2D eigenvalue weighted by Gasteiger charge is -2.47. The third-order valence-electron chi connectivity index (χ3n) is 13.6. The quantitative estimate of drug-likeness (QED) is 0.222. The molecule has 4 fully saturated rings. The van der Waals surface area contributed by atoms with E-state index in [1.807, 2.05) is 31.0 Å². The molecule has 8 heterocycles. The van der Waals surface area contributed by atoms with Gasteiger partial charge >= 0.3 is 0 Å². The molecule has 1 aromatic carbocycles. The normalized spacial score (nSPS) is 24.4. The van der Waals surface area contributed by atoms with Gasteiger partial charge in [-0.05, 0) is 100 Å². The van der Waals surface area contributed by atoms with Crippen molar-refractivity contribution in [1.29, 1.82) is 0 Å². The highest BCUT2D eigenvalue weighted by Gasteiger charge is 2.48. The average Bonchev–Trinajstić information content (AvgIpc) is 3.95. The van der Waals surface area contributed by atoms with Crippen molar-refractivity contribution in [2.24, 2.45) is 18.9 Å². The minimum absolute atomic E-state index is 0.247. The Kier molecular flexibility index (Phi) is 10.2. The number of rotatable bonds is 4. The number of alkyl halides is 2. The van der Waals surface area contributed by atoms with Crippen LogP contribution in [0.25, 0.3) is 22.3 Å². The SMILES string of the molecule is Cc1cc2cc(n1)-c1cnn(C)c1OC[C@H]1CC[C@H](C1)Cn1c(nc3ccc(N4CCN([C@H]5CCN(c6ccc(C7CCC(=O)NC7=O)nc6C)CC5(F)F)CC4)cc31)NC2=O. The molecule has 62 heavy (non-hydrogen) atoms. The van der Waals surface area contributed by atoms with E-state index in [2.05, 4.69) is 36.2 Å². The molecule has 324 valence electrons. The lowest BCUT2D eigenvalue weighted by Crippen LogP contribution is -2.62. The van der Waals surface area contributed by atoms with Gasteiger partial charge in [0.05, 0.1) is 70.7 Å². The number of aromatic nitrogens is 6. The first-order valence-electron chi connectivity index (χ1n) is 21.8. The van der Waals surface area contributed by atoms with Gasteiger partial charge in [0.15, 0.2) is 0 Å².